The normalized spacial score (nSPS) is 13.9. The second kappa shape index (κ2) is 6.59. The maximum Gasteiger partial charge on any atom is 0.258 e. The zero-order valence-electron chi connectivity index (χ0n) is 12.5. The Labute approximate surface area is 125 Å². The summed E-state index contributed by atoms with van der Waals surface area (Å²) in [6.07, 6.45) is 0.615. The molecule has 2 aromatic rings. The van der Waals surface area contributed by atoms with E-state index in [-0.39, 0.29) is 6.04 Å². The number of ether oxygens (including phenoxy) is 1. The molecule has 2 rings (SSSR count). The van der Waals surface area contributed by atoms with Crippen LogP contribution in [0.25, 0.3) is 10.8 Å². The molecule has 112 valence electrons. The van der Waals surface area contributed by atoms with Gasteiger partial charge < -0.3 is 16.2 Å². The maximum absolute atomic E-state index is 11.4. The molecule has 4 heteroatoms. The van der Waals surface area contributed by atoms with Gasteiger partial charge in [0.15, 0.2) is 6.10 Å². The summed E-state index contributed by atoms with van der Waals surface area (Å²) in [5.41, 5.74) is 12.4. The van der Waals surface area contributed by atoms with E-state index in [1.54, 1.807) is 0 Å². The van der Waals surface area contributed by atoms with Crippen molar-refractivity contribution in [2.24, 2.45) is 11.5 Å². The van der Waals surface area contributed by atoms with Gasteiger partial charge in [-0.2, -0.15) is 0 Å². The Balaban J connectivity index is 2.49. The second-order valence-corrected chi connectivity index (χ2v) is 5.36. The zero-order valence-corrected chi connectivity index (χ0v) is 12.5. The summed E-state index contributed by atoms with van der Waals surface area (Å²) in [6.45, 7) is 3.83. The van der Waals surface area contributed by atoms with Crippen molar-refractivity contribution in [3.8, 4) is 5.75 Å². The molecule has 0 aliphatic heterocycles. The number of hydrogen-bond acceptors (Lipinski definition) is 3. The molecule has 0 aliphatic carbocycles. The van der Waals surface area contributed by atoms with Crippen molar-refractivity contribution in [2.75, 3.05) is 0 Å². The van der Waals surface area contributed by atoms with Crippen LogP contribution in [0.4, 0.5) is 0 Å². The molecule has 0 heterocycles. The number of carbonyl (C=O) groups is 1. The number of nitrogens with two attached hydrogens (primary N) is 2. The SMILES string of the molecule is CCC(Oc1ccc2ccccc2c1CC(C)N)C(N)=O. The van der Waals surface area contributed by atoms with Crippen molar-refractivity contribution in [1.82, 2.24) is 0 Å². The lowest BCUT2D eigenvalue weighted by molar-refractivity contribution is -0.124. The fraction of sp³-hybridized carbons (Fsp3) is 0.353. The van der Waals surface area contributed by atoms with Crippen LogP contribution in [0.3, 0.4) is 0 Å². The minimum atomic E-state index is -0.613. The van der Waals surface area contributed by atoms with E-state index in [0.29, 0.717) is 18.6 Å². The first-order chi connectivity index (χ1) is 10.0. The Morgan fingerprint density at radius 3 is 2.57 bits per heavy atom. The summed E-state index contributed by atoms with van der Waals surface area (Å²) in [5.74, 6) is 0.244. The molecule has 21 heavy (non-hydrogen) atoms. The molecule has 2 unspecified atom stereocenters. The summed E-state index contributed by atoms with van der Waals surface area (Å²) in [5, 5.41) is 2.24. The molecule has 2 atom stereocenters. The van der Waals surface area contributed by atoms with Crippen molar-refractivity contribution >= 4 is 16.7 Å². The third-order valence-corrected chi connectivity index (χ3v) is 3.48. The molecule has 1 amide bonds. The van der Waals surface area contributed by atoms with Crippen LogP contribution in [0.5, 0.6) is 5.75 Å². The van der Waals surface area contributed by atoms with Gasteiger partial charge in [-0.15, -0.1) is 0 Å². The van der Waals surface area contributed by atoms with Crippen molar-refractivity contribution in [2.45, 2.75) is 38.8 Å². The summed E-state index contributed by atoms with van der Waals surface area (Å²) >= 11 is 0. The summed E-state index contributed by atoms with van der Waals surface area (Å²) in [6, 6.07) is 12.0. The van der Waals surface area contributed by atoms with E-state index < -0.39 is 12.0 Å². The number of fused-ring (bicyclic) bond motifs is 1. The van der Waals surface area contributed by atoms with Crippen LogP contribution in [-0.2, 0) is 11.2 Å². The Bertz CT molecular complexity index is 638. The van der Waals surface area contributed by atoms with Gasteiger partial charge in [0.05, 0.1) is 0 Å². The first kappa shape index (κ1) is 15.3. The molecule has 0 spiro atoms. The largest absolute Gasteiger partial charge is 0.480 e. The third-order valence-electron chi connectivity index (χ3n) is 3.48. The van der Waals surface area contributed by atoms with E-state index in [1.165, 1.54) is 0 Å². The van der Waals surface area contributed by atoms with Crippen molar-refractivity contribution in [3.05, 3.63) is 42.0 Å². The maximum atomic E-state index is 11.4. The monoisotopic (exact) mass is 286 g/mol. The van der Waals surface area contributed by atoms with Crippen LogP contribution in [0.15, 0.2) is 36.4 Å². The van der Waals surface area contributed by atoms with Crippen molar-refractivity contribution < 1.29 is 9.53 Å². The molecule has 4 N–H and O–H groups in total. The highest BCUT2D eigenvalue weighted by Gasteiger charge is 2.18. The van der Waals surface area contributed by atoms with Crippen molar-refractivity contribution in [1.29, 1.82) is 0 Å². The van der Waals surface area contributed by atoms with Gasteiger partial charge in [-0.3, -0.25) is 4.79 Å². The van der Waals surface area contributed by atoms with Crippen LogP contribution in [-0.4, -0.2) is 18.1 Å². The van der Waals surface area contributed by atoms with Gasteiger partial charge in [0, 0.05) is 11.6 Å². The molecule has 4 nitrogen and oxygen atoms in total. The van der Waals surface area contributed by atoms with Gasteiger partial charge in [-0.05, 0) is 36.6 Å². The van der Waals surface area contributed by atoms with E-state index in [9.17, 15) is 4.79 Å². The first-order valence-electron chi connectivity index (χ1n) is 7.25. The minimum Gasteiger partial charge on any atom is -0.480 e. The summed E-state index contributed by atoms with van der Waals surface area (Å²) in [7, 11) is 0. The Kier molecular flexibility index (Phi) is 4.81. The molecule has 0 radical (unpaired) electrons. The smallest absolute Gasteiger partial charge is 0.258 e. The van der Waals surface area contributed by atoms with Crippen LogP contribution in [0.2, 0.25) is 0 Å². The zero-order chi connectivity index (χ0) is 15.4. The average molecular weight is 286 g/mol. The number of benzene rings is 2. The Hall–Kier alpha value is -2.07. The lowest BCUT2D eigenvalue weighted by Crippen LogP contribution is -2.33. The highest BCUT2D eigenvalue weighted by atomic mass is 16.5. The van der Waals surface area contributed by atoms with E-state index in [4.69, 9.17) is 16.2 Å². The first-order valence-corrected chi connectivity index (χ1v) is 7.25. The highest BCUT2D eigenvalue weighted by Crippen LogP contribution is 2.30. The summed E-state index contributed by atoms with van der Waals surface area (Å²) < 4.78 is 5.84. The molecule has 0 saturated heterocycles. The number of hydrogen-bond donors (Lipinski definition) is 2. The van der Waals surface area contributed by atoms with Gasteiger partial charge >= 0.3 is 0 Å². The molecule has 0 saturated carbocycles. The fourth-order valence-corrected chi connectivity index (χ4v) is 2.45. The molecule has 0 fully saturated rings. The van der Waals surface area contributed by atoms with E-state index in [0.717, 1.165) is 16.3 Å². The predicted octanol–water partition coefficient (Wildman–Crippen LogP) is 2.37. The number of carbonyl (C=O) groups excluding carboxylic acids is 1. The van der Waals surface area contributed by atoms with Gasteiger partial charge in [-0.1, -0.05) is 37.3 Å². The third kappa shape index (κ3) is 3.52. The summed E-state index contributed by atoms with van der Waals surface area (Å²) in [4.78, 5) is 11.4. The minimum absolute atomic E-state index is 0.00631. The van der Waals surface area contributed by atoms with Gasteiger partial charge in [0.25, 0.3) is 5.91 Å². The van der Waals surface area contributed by atoms with Gasteiger partial charge in [0.1, 0.15) is 5.75 Å². The van der Waals surface area contributed by atoms with Crippen LogP contribution in [0.1, 0.15) is 25.8 Å². The number of primary amides is 1. The van der Waals surface area contributed by atoms with Crippen LogP contribution >= 0.6 is 0 Å². The lowest BCUT2D eigenvalue weighted by Gasteiger charge is -2.19. The number of amides is 1. The predicted molar refractivity (Wildman–Crippen MR) is 85.2 cm³/mol. The van der Waals surface area contributed by atoms with Crippen LogP contribution < -0.4 is 16.2 Å². The average Bonchev–Trinajstić information content (AvgIpc) is 2.45. The quantitative estimate of drug-likeness (QED) is 0.855. The molecule has 0 aliphatic rings. The Morgan fingerprint density at radius 1 is 1.24 bits per heavy atom. The topological polar surface area (TPSA) is 78.3 Å². The van der Waals surface area contributed by atoms with Gasteiger partial charge in [0.2, 0.25) is 0 Å². The van der Waals surface area contributed by atoms with E-state index in [1.807, 2.05) is 44.2 Å². The fourth-order valence-electron chi connectivity index (χ4n) is 2.45. The van der Waals surface area contributed by atoms with Crippen molar-refractivity contribution in [3.63, 3.8) is 0 Å². The lowest BCUT2D eigenvalue weighted by atomic mass is 9.98. The standard InChI is InChI=1S/C17H22N2O2/c1-3-15(17(19)20)21-16-9-8-12-6-4-5-7-13(12)14(16)10-11(2)18/h4-9,11,15H,3,10,18H2,1-2H3,(H2,19,20). The highest BCUT2D eigenvalue weighted by molar-refractivity contribution is 5.88. The van der Waals surface area contributed by atoms with E-state index >= 15 is 0 Å². The molecule has 2 aromatic carbocycles. The van der Waals surface area contributed by atoms with Crippen LogP contribution in [0, 0.1) is 0 Å². The second-order valence-electron chi connectivity index (χ2n) is 5.36. The Morgan fingerprint density at radius 2 is 1.95 bits per heavy atom. The van der Waals surface area contributed by atoms with E-state index in [2.05, 4.69) is 6.07 Å². The van der Waals surface area contributed by atoms with Gasteiger partial charge in [-0.25, -0.2) is 0 Å². The molecule has 0 bridgehead atoms. The molecular formula is C17H22N2O2. The molecular weight excluding hydrogens is 264 g/mol. The number of rotatable bonds is 6. The molecule has 0 aromatic heterocycles.